The second-order valence-corrected chi connectivity index (χ2v) is 3.95. The van der Waals surface area contributed by atoms with Crippen molar-refractivity contribution < 1.29 is 5.11 Å². The van der Waals surface area contributed by atoms with E-state index in [0.29, 0.717) is 6.54 Å². The highest BCUT2D eigenvalue weighted by Gasteiger charge is 2.05. The number of benzene rings is 1. The lowest BCUT2D eigenvalue weighted by Gasteiger charge is -2.15. The van der Waals surface area contributed by atoms with Crippen molar-refractivity contribution in [2.24, 2.45) is 0 Å². The minimum Gasteiger partial charge on any atom is -0.390 e. The van der Waals surface area contributed by atoms with E-state index in [1.54, 1.807) is 0 Å². The lowest BCUT2D eigenvalue weighted by atomic mass is 10.0. The number of aliphatic hydroxyl groups excluding tert-OH is 1. The maximum atomic E-state index is 9.36. The summed E-state index contributed by atoms with van der Waals surface area (Å²) in [4.78, 5) is 0. The number of hydrogen-bond donors (Lipinski definition) is 2. The van der Waals surface area contributed by atoms with Crippen molar-refractivity contribution in [1.82, 2.24) is 0 Å². The van der Waals surface area contributed by atoms with Gasteiger partial charge in [-0.15, -0.1) is 11.6 Å². The van der Waals surface area contributed by atoms with Gasteiger partial charge in [-0.1, -0.05) is 19.1 Å². The highest BCUT2D eigenvalue weighted by molar-refractivity contribution is 6.18. The van der Waals surface area contributed by atoms with Crippen LogP contribution in [-0.2, 0) is 6.42 Å². The average Bonchev–Trinajstić information content (AvgIpc) is 2.25. The van der Waals surface area contributed by atoms with Crippen LogP contribution in [0.4, 0.5) is 5.69 Å². The van der Waals surface area contributed by atoms with Crippen molar-refractivity contribution in [1.29, 1.82) is 0 Å². The molecular weight excluding hydrogens is 210 g/mol. The number of anilines is 1. The Morgan fingerprint density at radius 3 is 2.80 bits per heavy atom. The molecule has 1 rings (SSSR count). The zero-order valence-electron chi connectivity index (χ0n) is 9.26. The first-order valence-electron chi connectivity index (χ1n) is 5.25. The van der Waals surface area contributed by atoms with Crippen LogP contribution in [0.15, 0.2) is 18.2 Å². The van der Waals surface area contributed by atoms with E-state index in [-0.39, 0.29) is 5.88 Å². The van der Waals surface area contributed by atoms with Gasteiger partial charge in [-0.25, -0.2) is 0 Å². The second-order valence-electron chi connectivity index (χ2n) is 3.64. The van der Waals surface area contributed by atoms with Crippen molar-refractivity contribution in [3.05, 3.63) is 29.3 Å². The lowest BCUT2D eigenvalue weighted by Crippen LogP contribution is -2.21. The van der Waals surface area contributed by atoms with Crippen LogP contribution in [0.25, 0.3) is 0 Å². The maximum Gasteiger partial charge on any atom is 0.0847 e. The molecule has 1 atom stereocenters. The fourth-order valence-corrected chi connectivity index (χ4v) is 1.73. The summed E-state index contributed by atoms with van der Waals surface area (Å²) in [5, 5.41) is 12.6. The van der Waals surface area contributed by atoms with Gasteiger partial charge in [0.1, 0.15) is 0 Å². The predicted octanol–water partition coefficient (Wildman–Crippen LogP) is 2.57. The molecule has 0 spiro atoms. The highest BCUT2D eigenvalue weighted by atomic mass is 35.5. The fourth-order valence-electron chi connectivity index (χ4n) is 1.62. The van der Waals surface area contributed by atoms with Crippen LogP contribution in [0.3, 0.4) is 0 Å². The van der Waals surface area contributed by atoms with Gasteiger partial charge in [0.05, 0.1) is 12.0 Å². The van der Waals surface area contributed by atoms with Crippen LogP contribution in [0.2, 0.25) is 0 Å². The summed E-state index contributed by atoms with van der Waals surface area (Å²) in [5.41, 5.74) is 3.68. The third-order valence-electron chi connectivity index (χ3n) is 2.47. The summed E-state index contributed by atoms with van der Waals surface area (Å²) in [6.45, 7) is 4.73. The number of nitrogens with one attached hydrogen (secondary N) is 1. The van der Waals surface area contributed by atoms with Gasteiger partial charge in [0.2, 0.25) is 0 Å². The van der Waals surface area contributed by atoms with Crippen LogP contribution in [0.5, 0.6) is 0 Å². The third-order valence-corrected chi connectivity index (χ3v) is 2.83. The molecule has 0 radical (unpaired) electrons. The Bertz CT molecular complexity index is 314. The Morgan fingerprint density at radius 1 is 1.47 bits per heavy atom. The normalized spacial score (nSPS) is 12.5. The van der Waals surface area contributed by atoms with Gasteiger partial charge < -0.3 is 10.4 Å². The molecule has 0 saturated heterocycles. The summed E-state index contributed by atoms with van der Waals surface area (Å²) in [5.74, 6) is 0.264. The van der Waals surface area contributed by atoms with E-state index in [9.17, 15) is 5.11 Å². The number of hydrogen-bond acceptors (Lipinski definition) is 2. The SMILES string of the molecule is CCc1c(C)cccc1NCC(O)CCl. The molecule has 15 heavy (non-hydrogen) atoms. The first kappa shape index (κ1) is 12.3. The Balaban J connectivity index is 2.72. The van der Waals surface area contributed by atoms with Crippen molar-refractivity contribution >= 4 is 17.3 Å². The number of aliphatic hydroxyl groups is 1. The average molecular weight is 228 g/mol. The minimum atomic E-state index is -0.489. The zero-order chi connectivity index (χ0) is 11.3. The minimum absolute atomic E-state index is 0.264. The van der Waals surface area contributed by atoms with Gasteiger partial charge >= 0.3 is 0 Å². The molecule has 2 nitrogen and oxygen atoms in total. The topological polar surface area (TPSA) is 32.3 Å². The van der Waals surface area contributed by atoms with Gasteiger partial charge in [-0.2, -0.15) is 0 Å². The molecule has 0 aromatic heterocycles. The molecule has 0 saturated carbocycles. The molecule has 1 aromatic carbocycles. The van der Waals surface area contributed by atoms with Gasteiger partial charge in [-0.05, 0) is 30.5 Å². The van der Waals surface area contributed by atoms with E-state index in [0.717, 1.165) is 12.1 Å². The molecule has 0 fully saturated rings. The molecule has 0 aliphatic heterocycles. The van der Waals surface area contributed by atoms with Gasteiger partial charge in [0.25, 0.3) is 0 Å². The van der Waals surface area contributed by atoms with Crippen molar-refractivity contribution in [2.45, 2.75) is 26.4 Å². The summed E-state index contributed by atoms with van der Waals surface area (Å²) in [6, 6.07) is 6.15. The Labute approximate surface area is 96.3 Å². The molecule has 84 valence electrons. The molecule has 2 N–H and O–H groups in total. The highest BCUT2D eigenvalue weighted by Crippen LogP contribution is 2.19. The van der Waals surface area contributed by atoms with Crippen LogP contribution < -0.4 is 5.32 Å². The predicted molar refractivity (Wildman–Crippen MR) is 65.8 cm³/mol. The first-order valence-corrected chi connectivity index (χ1v) is 5.78. The van der Waals surface area contributed by atoms with E-state index in [1.807, 2.05) is 12.1 Å². The Kier molecular flexibility index (Phi) is 4.92. The molecule has 0 bridgehead atoms. The number of halogens is 1. The van der Waals surface area contributed by atoms with Crippen molar-refractivity contribution in [3.8, 4) is 0 Å². The molecule has 1 aromatic rings. The van der Waals surface area contributed by atoms with E-state index in [2.05, 4.69) is 25.2 Å². The Hall–Kier alpha value is -0.730. The van der Waals surface area contributed by atoms with Gasteiger partial charge in [0.15, 0.2) is 0 Å². The first-order chi connectivity index (χ1) is 7.19. The van der Waals surface area contributed by atoms with E-state index in [1.165, 1.54) is 11.1 Å². The Morgan fingerprint density at radius 2 is 2.20 bits per heavy atom. The van der Waals surface area contributed by atoms with Crippen LogP contribution in [0.1, 0.15) is 18.1 Å². The second kappa shape index (κ2) is 5.99. The molecule has 0 aliphatic rings. The summed E-state index contributed by atoms with van der Waals surface area (Å²) in [6.07, 6.45) is 0.503. The van der Waals surface area contributed by atoms with Crippen LogP contribution in [0, 0.1) is 6.92 Å². The van der Waals surface area contributed by atoms with Gasteiger partial charge in [-0.3, -0.25) is 0 Å². The smallest absolute Gasteiger partial charge is 0.0847 e. The molecule has 3 heteroatoms. The third kappa shape index (κ3) is 3.40. The van der Waals surface area contributed by atoms with E-state index in [4.69, 9.17) is 11.6 Å². The molecule has 0 heterocycles. The number of aryl methyl sites for hydroxylation is 1. The van der Waals surface area contributed by atoms with Crippen molar-refractivity contribution in [2.75, 3.05) is 17.7 Å². The molecule has 0 amide bonds. The van der Waals surface area contributed by atoms with E-state index >= 15 is 0 Å². The van der Waals surface area contributed by atoms with Crippen LogP contribution in [-0.4, -0.2) is 23.6 Å². The largest absolute Gasteiger partial charge is 0.390 e. The number of rotatable bonds is 5. The quantitative estimate of drug-likeness (QED) is 0.758. The summed E-state index contributed by atoms with van der Waals surface area (Å²) in [7, 11) is 0. The van der Waals surface area contributed by atoms with Gasteiger partial charge in [0, 0.05) is 12.2 Å². The maximum absolute atomic E-state index is 9.36. The van der Waals surface area contributed by atoms with Crippen molar-refractivity contribution in [3.63, 3.8) is 0 Å². The summed E-state index contributed by atoms with van der Waals surface area (Å²) >= 11 is 5.53. The molecular formula is C12H18ClNO. The zero-order valence-corrected chi connectivity index (χ0v) is 10.0. The standard InChI is InChI=1S/C12H18ClNO/c1-3-11-9(2)5-4-6-12(11)14-8-10(15)7-13/h4-6,10,14-15H,3,7-8H2,1-2H3. The summed E-state index contributed by atoms with van der Waals surface area (Å²) < 4.78 is 0. The van der Waals surface area contributed by atoms with Crippen LogP contribution >= 0.6 is 11.6 Å². The number of alkyl halides is 1. The monoisotopic (exact) mass is 227 g/mol. The van der Waals surface area contributed by atoms with E-state index < -0.39 is 6.10 Å². The molecule has 1 unspecified atom stereocenters. The lowest BCUT2D eigenvalue weighted by molar-refractivity contribution is 0.211. The molecule has 0 aliphatic carbocycles. The fraction of sp³-hybridized carbons (Fsp3) is 0.500.